The summed E-state index contributed by atoms with van der Waals surface area (Å²) in [6.07, 6.45) is 0.332. The first-order valence-electron chi connectivity index (χ1n) is 5.05. The molecule has 0 amide bonds. The Bertz CT molecular complexity index is 346. The second kappa shape index (κ2) is 3.07. The maximum Gasteiger partial charge on any atom is 0.0785 e. The van der Waals surface area contributed by atoms with Crippen LogP contribution in [0.3, 0.4) is 0 Å². The van der Waals surface area contributed by atoms with Crippen LogP contribution in [0.1, 0.15) is 25.0 Å². The van der Waals surface area contributed by atoms with Crippen LogP contribution in [-0.4, -0.2) is 17.3 Å². The molecule has 0 aromatic heterocycles. The zero-order valence-corrected chi connectivity index (χ0v) is 8.70. The van der Waals surface area contributed by atoms with E-state index < -0.39 is 6.10 Å². The van der Waals surface area contributed by atoms with Gasteiger partial charge >= 0.3 is 0 Å². The molecule has 0 bridgehead atoms. The van der Waals surface area contributed by atoms with E-state index >= 15 is 0 Å². The van der Waals surface area contributed by atoms with Crippen molar-refractivity contribution in [3.05, 3.63) is 35.4 Å². The first-order valence-corrected chi connectivity index (χ1v) is 5.05. The van der Waals surface area contributed by atoms with Gasteiger partial charge in [0.05, 0.1) is 6.10 Å². The highest BCUT2D eigenvalue weighted by Crippen LogP contribution is 2.36. The lowest BCUT2D eigenvalue weighted by Crippen LogP contribution is -2.52. The molecule has 0 saturated carbocycles. The molecule has 76 valence electrons. The van der Waals surface area contributed by atoms with Gasteiger partial charge in [-0.1, -0.05) is 38.1 Å². The Morgan fingerprint density at radius 2 is 2.00 bits per heavy atom. The Hall–Kier alpha value is -0.860. The summed E-state index contributed by atoms with van der Waals surface area (Å²) >= 11 is 0. The highest BCUT2D eigenvalue weighted by molar-refractivity contribution is 5.38. The summed E-state index contributed by atoms with van der Waals surface area (Å²) in [6, 6.07) is 8.09. The van der Waals surface area contributed by atoms with Crippen LogP contribution < -0.4 is 5.73 Å². The van der Waals surface area contributed by atoms with Crippen LogP contribution in [0.5, 0.6) is 0 Å². The van der Waals surface area contributed by atoms with Gasteiger partial charge in [-0.15, -0.1) is 0 Å². The molecule has 0 unspecified atom stereocenters. The van der Waals surface area contributed by atoms with Gasteiger partial charge in [-0.3, -0.25) is 0 Å². The van der Waals surface area contributed by atoms with Crippen molar-refractivity contribution >= 4 is 0 Å². The van der Waals surface area contributed by atoms with Crippen molar-refractivity contribution in [1.29, 1.82) is 0 Å². The van der Waals surface area contributed by atoms with E-state index in [0.29, 0.717) is 0 Å². The molecular weight excluding hydrogens is 174 g/mol. The standard InChI is InChI=1S/C12H17NO/c1-12(2)9-6-4-3-5-8(9)7-10(13)11(12)14/h3-6,10-11,14H,7,13H2,1-2H3/t10-,11-/m1/s1. The fourth-order valence-corrected chi connectivity index (χ4v) is 2.39. The second-order valence-electron chi connectivity index (χ2n) is 4.69. The van der Waals surface area contributed by atoms with E-state index in [9.17, 15) is 5.11 Å². The fourth-order valence-electron chi connectivity index (χ4n) is 2.39. The number of nitrogens with two attached hydrogens (primary N) is 1. The summed E-state index contributed by atoms with van der Waals surface area (Å²) in [5.74, 6) is 0. The summed E-state index contributed by atoms with van der Waals surface area (Å²) in [7, 11) is 0. The van der Waals surface area contributed by atoms with Gasteiger partial charge in [-0.2, -0.15) is 0 Å². The number of aliphatic hydroxyl groups excluding tert-OH is 1. The molecule has 3 N–H and O–H groups in total. The van der Waals surface area contributed by atoms with Crippen LogP contribution in [0, 0.1) is 0 Å². The lowest BCUT2D eigenvalue weighted by atomic mass is 9.69. The van der Waals surface area contributed by atoms with E-state index in [1.54, 1.807) is 0 Å². The van der Waals surface area contributed by atoms with Gasteiger partial charge in [-0.05, 0) is 17.5 Å². The number of rotatable bonds is 0. The molecule has 14 heavy (non-hydrogen) atoms. The molecule has 2 heteroatoms. The Morgan fingerprint density at radius 3 is 2.71 bits per heavy atom. The van der Waals surface area contributed by atoms with E-state index in [-0.39, 0.29) is 11.5 Å². The second-order valence-corrected chi connectivity index (χ2v) is 4.69. The number of aliphatic hydroxyl groups is 1. The highest BCUT2D eigenvalue weighted by atomic mass is 16.3. The summed E-state index contributed by atoms with van der Waals surface area (Å²) in [5, 5.41) is 10.0. The molecule has 1 aliphatic carbocycles. The van der Waals surface area contributed by atoms with E-state index in [2.05, 4.69) is 26.0 Å². The normalized spacial score (nSPS) is 29.7. The fraction of sp³-hybridized carbons (Fsp3) is 0.500. The number of hydrogen-bond donors (Lipinski definition) is 2. The van der Waals surface area contributed by atoms with Crippen LogP contribution >= 0.6 is 0 Å². The van der Waals surface area contributed by atoms with E-state index in [1.165, 1.54) is 11.1 Å². The third kappa shape index (κ3) is 1.26. The van der Waals surface area contributed by atoms with Crippen molar-refractivity contribution in [1.82, 2.24) is 0 Å². The molecule has 0 saturated heterocycles. The highest BCUT2D eigenvalue weighted by Gasteiger charge is 2.39. The molecule has 0 heterocycles. The molecular formula is C12H17NO. The van der Waals surface area contributed by atoms with Gasteiger partial charge in [-0.25, -0.2) is 0 Å². The molecule has 1 aromatic rings. The Kier molecular flexibility index (Phi) is 2.13. The minimum Gasteiger partial charge on any atom is -0.391 e. The van der Waals surface area contributed by atoms with Crippen molar-refractivity contribution in [2.24, 2.45) is 5.73 Å². The smallest absolute Gasteiger partial charge is 0.0785 e. The van der Waals surface area contributed by atoms with E-state index in [4.69, 9.17) is 5.73 Å². The lowest BCUT2D eigenvalue weighted by molar-refractivity contribution is 0.0655. The minimum absolute atomic E-state index is 0.139. The van der Waals surface area contributed by atoms with E-state index in [0.717, 1.165) is 6.42 Å². The van der Waals surface area contributed by atoms with Crippen LogP contribution in [0.15, 0.2) is 24.3 Å². The molecule has 1 aromatic carbocycles. The van der Waals surface area contributed by atoms with Crippen molar-refractivity contribution in [3.8, 4) is 0 Å². The third-order valence-corrected chi connectivity index (χ3v) is 3.31. The number of benzene rings is 1. The Labute approximate surface area is 84.7 Å². The molecule has 0 spiro atoms. The average Bonchev–Trinajstić information content (AvgIpc) is 2.15. The van der Waals surface area contributed by atoms with Crippen molar-refractivity contribution in [3.63, 3.8) is 0 Å². The molecule has 0 fully saturated rings. The maximum atomic E-state index is 10.0. The number of hydrogen-bond acceptors (Lipinski definition) is 2. The molecule has 1 aliphatic rings. The molecule has 2 rings (SSSR count). The third-order valence-electron chi connectivity index (χ3n) is 3.31. The topological polar surface area (TPSA) is 46.2 Å². The van der Waals surface area contributed by atoms with Crippen LogP contribution in [0.25, 0.3) is 0 Å². The summed E-state index contributed by atoms with van der Waals surface area (Å²) in [5.41, 5.74) is 8.19. The van der Waals surface area contributed by atoms with Gasteiger partial charge in [0.1, 0.15) is 0 Å². The van der Waals surface area contributed by atoms with Crippen LogP contribution in [0.2, 0.25) is 0 Å². The lowest BCUT2D eigenvalue weighted by Gasteiger charge is -2.40. The van der Waals surface area contributed by atoms with Crippen molar-refractivity contribution < 1.29 is 5.11 Å². The van der Waals surface area contributed by atoms with Crippen molar-refractivity contribution in [2.75, 3.05) is 0 Å². The molecule has 2 atom stereocenters. The Morgan fingerprint density at radius 1 is 1.36 bits per heavy atom. The summed E-state index contributed by atoms with van der Waals surface area (Å²) in [6.45, 7) is 4.10. The first kappa shape index (κ1) is 9.69. The number of fused-ring (bicyclic) bond motifs is 1. The van der Waals surface area contributed by atoms with Gasteiger partial charge in [0, 0.05) is 11.5 Å². The predicted octanol–water partition coefficient (Wildman–Crippen LogP) is 1.21. The first-order chi connectivity index (χ1) is 6.53. The zero-order chi connectivity index (χ0) is 10.3. The molecule has 0 radical (unpaired) electrons. The predicted molar refractivity (Wildman–Crippen MR) is 57.2 cm³/mol. The monoisotopic (exact) mass is 191 g/mol. The van der Waals surface area contributed by atoms with Crippen molar-refractivity contribution in [2.45, 2.75) is 37.8 Å². The summed E-state index contributed by atoms with van der Waals surface area (Å²) in [4.78, 5) is 0. The van der Waals surface area contributed by atoms with Crippen LogP contribution in [-0.2, 0) is 11.8 Å². The largest absolute Gasteiger partial charge is 0.391 e. The van der Waals surface area contributed by atoms with Gasteiger partial charge in [0.15, 0.2) is 0 Å². The quantitative estimate of drug-likeness (QED) is 0.647. The molecule has 0 aliphatic heterocycles. The molecule has 2 nitrogen and oxygen atoms in total. The SMILES string of the molecule is CC1(C)c2ccccc2C[C@@H](N)[C@H]1O. The summed E-state index contributed by atoms with van der Waals surface area (Å²) < 4.78 is 0. The van der Waals surface area contributed by atoms with E-state index in [1.807, 2.05) is 12.1 Å². The van der Waals surface area contributed by atoms with Crippen LogP contribution in [0.4, 0.5) is 0 Å². The van der Waals surface area contributed by atoms with Gasteiger partial charge in [0.2, 0.25) is 0 Å². The minimum atomic E-state index is -0.447. The zero-order valence-electron chi connectivity index (χ0n) is 8.70. The Balaban J connectivity index is 2.54. The maximum absolute atomic E-state index is 10.0. The average molecular weight is 191 g/mol. The van der Waals surface area contributed by atoms with Gasteiger partial charge < -0.3 is 10.8 Å². The van der Waals surface area contributed by atoms with Gasteiger partial charge in [0.25, 0.3) is 0 Å².